The first-order valence-electron chi connectivity index (χ1n) is 5.22. The SMILES string of the molecule is OC(CCOCC(F)F)Cc1ccc(Br)cn1. The van der Waals surface area contributed by atoms with Gasteiger partial charge in [-0.25, -0.2) is 8.78 Å². The molecule has 1 rings (SSSR count). The van der Waals surface area contributed by atoms with Gasteiger partial charge in [0, 0.05) is 29.4 Å². The van der Waals surface area contributed by atoms with Crippen LogP contribution in [0, 0.1) is 0 Å². The maximum Gasteiger partial charge on any atom is 0.261 e. The van der Waals surface area contributed by atoms with E-state index in [1.54, 1.807) is 12.3 Å². The van der Waals surface area contributed by atoms with Gasteiger partial charge < -0.3 is 9.84 Å². The number of nitrogens with zero attached hydrogens (tertiary/aromatic N) is 1. The molecule has 0 aromatic carbocycles. The van der Waals surface area contributed by atoms with Gasteiger partial charge in [0.05, 0.1) is 6.10 Å². The number of hydrogen-bond acceptors (Lipinski definition) is 3. The largest absolute Gasteiger partial charge is 0.393 e. The summed E-state index contributed by atoms with van der Waals surface area (Å²) in [5, 5.41) is 9.62. The Bertz CT molecular complexity index is 322. The molecule has 0 saturated heterocycles. The molecule has 0 fully saturated rings. The van der Waals surface area contributed by atoms with E-state index in [2.05, 4.69) is 25.7 Å². The lowest BCUT2D eigenvalue weighted by atomic mass is 10.1. The van der Waals surface area contributed by atoms with Crippen molar-refractivity contribution in [2.45, 2.75) is 25.4 Å². The first-order chi connectivity index (χ1) is 8.08. The van der Waals surface area contributed by atoms with E-state index in [0.29, 0.717) is 12.8 Å². The summed E-state index contributed by atoms with van der Waals surface area (Å²) in [6, 6.07) is 3.63. The van der Waals surface area contributed by atoms with Crippen LogP contribution >= 0.6 is 15.9 Å². The molecular weight excluding hydrogens is 296 g/mol. The summed E-state index contributed by atoms with van der Waals surface area (Å²) in [7, 11) is 0. The average Bonchev–Trinajstić information content (AvgIpc) is 2.27. The predicted octanol–water partition coefficient (Wildman–Crippen LogP) is 2.42. The summed E-state index contributed by atoms with van der Waals surface area (Å²) in [5.74, 6) is 0. The second kappa shape index (κ2) is 7.68. The van der Waals surface area contributed by atoms with Gasteiger partial charge in [-0.2, -0.15) is 0 Å². The highest BCUT2D eigenvalue weighted by Gasteiger charge is 2.08. The lowest BCUT2D eigenvalue weighted by molar-refractivity contribution is 0.00504. The number of pyridine rings is 1. The molecule has 0 aliphatic rings. The summed E-state index contributed by atoms with van der Waals surface area (Å²) in [6.07, 6.45) is -0.716. The Balaban J connectivity index is 2.20. The van der Waals surface area contributed by atoms with Crippen molar-refractivity contribution >= 4 is 15.9 Å². The monoisotopic (exact) mass is 309 g/mol. The Morgan fingerprint density at radius 3 is 2.76 bits per heavy atom. The lowest BCUT2D eigenvalue weighted by Gasteiger charge is -2.10. The van der Waals surface area contributed by atoms with Crippen LogP contribution in [0.15, 0.2) is 22.8 Å². The van der Waals surface area contributed by atoms with Crippen molar-refractivity contribution in [1.29, 1.82) is 0 Å². The van der Waals surface area contributed by atoms with Gasteiger partial charge in [-0.05, 0) is 34.5 Å². The standard InChI is InChI=1S/C11H14BrF2NO2/c12-8-1-2-9(15-6-8)5-10(16)3-4-17-7-11(13)14/h1-2,6,10-11,16H,3-5,7H2. The maximum absolute atomic E-state index is 11.7. The summed E-state index contributed by atoms with van der Waals surface area (Å²) in [5.41, 5.74) is 0.759. The molecule has 1 atom stereocenters. The van der Waals surface area contributed by atoms with Crippen LogP contribution in [-0.4, -0.2) is 35.8 Å². The Hall–Kier alpha value is -0.590. The number of aliphatic hydroxyl groups excluding tert-OH is 1. The van der Waals surface area contributed by atoms with Gasteiger partial charge in [0.1, 0.15) is 6.61 Å². The molecule has 0 aliphatic carbocycles. The van der Waals surface area contributed by atoms with Gasteiger partial charge in [-0.1, -0.05) is 0 Å². The van der Waals surface area contributed by atoms with Crippen molar-refractivity contribution in [2.24, 2.45) is 0 Å². The lowest BCUT2D eigenvalue weighted by Crippen LogP contribution is -2.16. The minimum absolute atomic E-state index is 0.127. The molecule has 0 amide bonds. The normalized spacial score (nSPS) is 13.0. The molecule has 0 spiro atoms. The molecule has 6 heteroatoms. The Morgan fingerprint density at radius 2 is 2.18 bits per heavy atom. The molecule has 17 heavy (non-hydrogen) atoms. The number of rotatable bonds is 7. The second-order valence-corrected chi connectivity index (χ2v) is 4.50. The minimum atomic E-state index is -2.46. The van der Waals surface area contributed by atoms with E-state index < -0.39 is 19.1 Å². The summed E-state index contributed by atoms with van der Waals surface area (Å²) < 4.78 is 29.0. The number of hydrogen-bond donors (Lipinski definition) is 1. The van der Waals surface area contributed by atoms with Gasteiger partial charge in [-0.15, -0.1) is 0 Å². The number of halogens is 3. The van der Waals surface area contributed by atoms with Crippen LogP contribution in [0.4, 0.5) is 8.78 Å². The molecule has 1 aromatic rings. The third-order valence-electron chi connectivity index (χ3n) is 2.07. The van der Waals surface area contributed by atoms with Crippen LogP contribution in [0.5, 0.6) is 0 Å². The molecule has 1 aromatic heterocycles. The van der Waals surface area contributed by atoms with E-state index in [0.717, 1.165) is 10.2 Å². The molecule has 0 aliphatic heterocycles. The fourth-order valence-electron chi connectivity index (χ4n) is 1.26. The van der Waals surface area contributed by atoms with Crippen molar-refractivity contribution in [3.05, 3.63) is 28.5 Å². The fourth-order valence-corrected chi connectivity index (χ4v) is 1.50. The van der Waals surface area contributed by atoms with Gasteiger partial charge in [0.25, 0.3) is 6.43 Å². The van der Waals surface area contributed by atoms with Gasteiger partial charge in [0.2, 0.25) is 0 Å². The molecule has 0 bridgehead atoms. The Morgan fingerprint density at radius 1 is 1.41 bits per heavy atom. The predicted molar refractivity (Wildman–Crippen MR) is 63.1 cm³/mol. The zero-order valence-corrected chi connectivity index (χ0v) is 10.7. The number of alkyl halides is 2. The molecule has 96 valence electrons. The topological polar surface area (TPSA) is 42.4 Å². The minimum Gasteiger partial charge on any atom is -0.393 e. The Kier molecular flexibility index (Phi) is 6.54. The van der Waals surface area contributed by atoms with E-state index in [-0.39, 0.29) is 6.61 Å². The van der Waals surface area contributed by atoms with Gasteiger partial charge in [0.15, 0.2) is 0 Å². The smallest absolute Gasteiger partial charge is 0.261 e. The first-order valence-corrected chi connectivity index (χ1v) is 6.01. The third kappa shape index (κ3) is 6.65. The van der Waals surface area contributed by atoms with Crippen LogP contribution in [0.3, 0.4) is 0 Å². The van der Waals surface area contributed by atoms with E-state index in [9.17, 15) is 13.9 Å². The average molecular weight is 310 g/mol. The second-order valence-electron chi connectivity index (χ2n) is 3.58. The fraction of sp³-hybridized carbons (Fsp3) is 0.545. The molecule has 1 N–H and O–H groups in total. The molecule has 0 saturated carbocycles. The molecule has 1 heterocycles. The highest BCUT2D eigenvalue weighted by atomic mass is 79.9. The van der Waals surface area contributed by atoms with Crippen molar-refractivity contribution in [3.8, 4) is 0 Å². The third-order valence-corrected chi connectivity index (χ3v) is 2.54. The van der Waals surface area contributed by atoms with E-state index >= 15 is 0 Å². The zero-order chi connectivity index (χ0) is 12.7. The van der Waals surface area contributed by atoms with Crippen molar-refractivity contribution < 1.29 is 18.6 Å². The van der Waals surface area contributed by atoms with Crippen molar-refractivity contribution in [1.82, 2.24) is 4.98 Å². The molecule has 1 unspecified atom stereocenters. The Labute approximate surface area is 107 Å². The first kappa shape index (κ1) is 14.5. The maximum atomic E-state index is 11.7. The van der Waals surface area contributed by atoms with E-state index in [4.69, 9.17) is 0 Å². The number of aromatic nitrogens is 1. The van der Waals surface area contributed by atoms with Crippen LogP contribution in [0.1, 0.15) is 12.1 Å². The van der Waals surface area contributed by atoms with Crippen LogP contribution < -0.4 is 0 Å². The van der Waals surface area contributed by atoms with Crippen LogP contribution in [-0.2, 0) is 11.2 Å². The summed E-state index contributed by atoms with van der Waals surface area (Å²) in [4.78, 5) is 4.11. The quantitative estimate of drug-likeness (QED) is 0.787. The zero-order valence-electron chi connectivity index (χ0n) is 9.15. The van der Waals surface area contributed by atoms with E-state index in [1.807, 2.05) is 6.07 Å². The van der Waals surface area contributed by atoms with Crippen molar-refractivity contribution in [2.75, 3.05) is 13.2 Å². The summed E-state index contributed by atoms with van der Waals surface area (Å²) >= 11 is 3.26. The number of ether oxygens (including phenoxy) is 1. The summed E-state index contributed by atoms with van der Waals surface area (Å²) in [6.45, 7) is -0.453. The van der Waals surface area contributed by atoms with Gasteiger partial charge >= 0.3 is 0 Å². The molecule has 3 nitrogen and oxygen atoms in total. The number of aliphatic hydroxyl groups is 1. The molecule has 0 radical (unpaired) electrons. The van der Waals surface area contributed by atoms with Crippen LogP contribution in [0.2, 0.25) is 0 Å². The molecular formula is C11H14BrF2NO2. The van der Waals surface area contributed by atoms with Crippen LogP contribution in [0.25, 0.3) is 0 Å². The van der Waals surface area contributed by atoms with Gasteiger partial charge in [-0.3, -0.25) is 4.98 Å². The van der Waals surface area contributed by atoms with Crippen molar-refractivity contribution in [3.63, 3.8) is 0 Å². The highest BCUT2D eigenvalue weighted by Crippen LogP contribution is 2.09. The van der Waals surface area contributed by atoms with E-state index in [1.165, 1.54) is 0 Å². The highest BCUT2D eigenvalue weighted by molar-refractivity contribution is 9.10.